The van der Waals surface area contributed by atoms with Crippen molar-refractivity contribution in [3.8, 4) is 0 Å². The minimum Gasteiger partial charge on any atom is -0.359 e. The Morgan fingerprint density at radius 2 is 2.20 bits per heavy atom. The smallest absolute Gasteiger partial charge is 0.157 e. The fourth-order valence-electron chi connectivity index (χ4n) is 3.78. The second-order valence-electron chi connectivity index (χ2n) is 7.16. The first-order valence-electron chi connectivity index (χ1n) is 7.51. The van der Waals surface area contributed by atoms with Gasteiger partial charge in [0.25, 0.3) is 0 Å². The predicted molar refractivity (Wildman–Crippen MR) is 85.1 cm³/mol. The summed E-state index contributed by atoms with van der Waals surface area (Å²) in [5.74, 6) is 2.36. The molecule has 0 aromatic heterocycles. The van der Waals surface area contributed by atoms with Gasteiger partial charge >= 0.3 is 0 Å². The molecule has 1 saturated heterocycles. The lowest BCUT2D eigenvalue weighted by molar-refractivity contribution is 0.265. The first-order valence-corrected chi connectivity index (χ1v) is 10.3. The van der Waals surface area contributed by atoms with Gasteiger partial charge in [-0.05, 0) is 32.1 Å². The summed E-state index contributed by atoms with van der Waals surface area (Å²) in [7, 11) is -2.86. The van der Waals surface area contributed by atoms with Gasteiger partial charge in [0.05, 0.1) is 22.6 Å². The van der Waals surface area contributed by atoms with E-state index in [0.717, 1.165) is 16.8 Å². The number of hydrogen-bond acceptors (Lipinski definition) is 5. The van der Waals surface area contributed by atoms with E-state index < -0.39 is 9.84 Å². The molecule has 2 heterocycles. The maximum absolute atomic E-state index is 11.7. The molecule has 1 N–H and O–H groups in total. The van der Waals surface area contributed by atoms with Crippen LogP contribution in [-0.4, -0.2) is 41.9 Å². The van der Waals surface area contributed by atoms with E-state index in [1.165, 1.54) is 25.7 Å². The van der Waals surface area contributed by atoms with Crippen molar-refractivity contribution in [2.75, 3.05) is 17.3 Å². The van der Waals surface area contributed by atoms with Gasteiger partial charge in [-0.15, -0.1) is 0 Å². The van der Waals surface area contributed by atoms with Gasteiger partial charge in [-0.3, -0.25) is 4.99 Å². The molecular formula is C14H24N2O2S2. The van der Waals surface area contributed by atoms with Crippen molar-refractivity contribution in [3.05, 3.63) is 0 Å². The average Bonchev–Trinajstić information content (AvgIpc) is 2.81. The van der Waals surface area contributed by atoms with Gasteiger partial charge in [0, 0.05) is 5.75 Å². The van der Waals surface area contributed by atoms with Crippen LogP contribution in [0.1, 0.15) is 46.0 Å². The van der Waals surface area contributed by atoms with E-state index in [-0.39, 0.29) is 16.8 Å². The Labute approximate surface area is 126 Å². The summed E-state index contributed by atoms with van der Waals surface area (Å²) < 4.78 is 23.3. The SMILES string of the molecule is CC1CCCC2(CSC(NC3(C)CCS(=O)(=O)C3)=N2)C1. The molecule has 0 aromatic rings. The minimum atomic E-state index is -2.86. The Balaban J connectivity index is 1.70. The Morgan fingerprint density at radius 1 is 1.40 bits per heavy atom. The number of hydrogen-bond donors (Lipinski definition) is 1. The van der Waals surface area contributed by atoms with E-state index in [1.807, 2.05) is 6.92 Å². The molecule has 2 aliphatic heterocycles. The van der Waals surface area contributed by atoms with Gasteiger partial charge < -0.3 is 5.32 Å². The summed E-state index contributed by atoms with van der Waals surface area (Å²) in [5.41, 5.74) is -0.199. The molecule has 4 nitrogen and oxygen atoms in total. The molecule has 3 atom stereocenters. The molecule has 0 aromatic carbocycles. The molecule has 3 rings (SSSR count). The molecule has 3 aliphatic rings. The maximum atomic E-state index is 11.7. The molecular weight excluding hydrogens is 292 g/mol. The maximum Gasteiger partial charge on any atom is 0.157 e. The summed E-state index contributed by atoms with van der Waals surface area (Å²) in [5, 5.41) is 4.40. The van der Waals surface area contributed by atoms with Crippen LogP contribution in [0.2, 0.25) is 0 Å². The van der Waals surface area contributed by atoms with Crippen LogP contribution in [0.25, 0.3) is 0 Å². The van der Waals surface area contributed by atoms with E-state index in [4.69, 9.17) is 4.99 Å². The molecule has 1 spiro atoms. The summed E-state index contributed by atoms with van der Waals surface area (Å²) in [6.07, 6.45) is 5.65. The van der Waals surface area contributed by atoms with Gasteiger partial charge in [-0.25, -0.2) is 8.42 Å². The largest absolute Gasteiger partial charge is 0.359 e. The van der Waals surface area contributed by atoms with Crippen LogP contribution in [-0.2, 0) is 9.84 Å². The monoisotopic (exact) mass is 316 g/mol. The Hall–Kier alpha value is -0.230. The van der Waals surface area contributed by atoms with Crippen LogP contribution in [0.4, 0.5) is 0 Å². The molecule has 0 amide bonds. The highest BCUT2D eigenvalue weighted by molar-refractivity contribution is 8.14. The third-order valence-electron chi connectivity index (χ3n) is 4.80. The second kappa shape index (κ2) is 4.90. The molecule has 0 bridgehead atoms. The van der Waals surface area contributed by atoms with Gasteiger partial charge in [0.15, 0.2) is 15.0 Å². The fraction of sp³-hybridized carbons (Fsp3) is 0.929. The zero-order chi connectivity index (χ0) is 14.4. The molecule has 20 heavy (non-hydrogen) atoms. The van der Waals surface area contributed by atoms with Crippen LogP contribution in [0.15, 0.2) is 4.99 Å². The van der Waals surface area contributed by atoms with Crippen molar-refractivity contribution in [2.45, 2.75) is 57.0 Å². The summed E-state index contributed by atoms with van der Waals surface area (Å²) >= 11 is 1.78. The standard InChI is InChI=1S/C14H24N2O2S2/c1-11-4-3-5-14(8-11)9-19-12(16-14)15-13(2)6-7-20(17,18)10-13/h11H,3-10H2,1-2H3,(H,15,16). The molecule has 1 aliphatic carbocycles. The van der Waals surface area contributed by atoms with Crippen molar-refractivity contribution in [1.82, 2.24) is 5.32 Å². The lowest BCUT2D eigenvalue weighted by atomic mass is 9.78. The molecule has 114 valence electrons. The molecule has 6 heteroatoms. The lowest BCUT2D eigenvalue weighted by Crippen LogP contribution is -2.45. The number of sulfone groups is 1. The van der Waals surface area contributed by atoms with E-state index in [1.54, 1.807) is 11.8 Å². The molecule has 0 radical (unpaired) electrons. The highest BCUT2D eigenvalue weighted by atomic mass is 32.2. The zero-order valence-corrected chi connectivity index (χ0v) is 13.9. The van der Waals surface area contributed by atoms with Gasteiger partial charge in [0.2, 0.25) is 0 Å². The van der Waals surface area contributed by atoms with Crippen LogP contribution in [0.5, 0.6) is 0 Å². The lowest BCUT2D eigenvalue weighted by Gasteiger charge is -2.33. The molecule has 1 saturated carbocycles. The third kappa shape index (κ3) is 3.01. The van der Waals surface area contributed by atoms with Crippen molar-refractivity contribution < 1.29 is 8.42 Å². The highest BCUT2D eigenvalue weighted by Crippen LogP contribution is 2.42. The van der Waals surface area contributed by atoms with Crippen LogP contribution in [0, 0.1) is 5.92 Å². The normalized spacial score (nSPS) is 43.7. The number of nitrogens with one attached hydrogen (secondary N) is 1. The Morgan fingerprint density at radius 3 is 2.85 bits per heavy atom. The van der Waals surface area contributed by atoms with Crippen molar-refractivity contribution >= 4 is 26.8 Å². The number of nitrogens with zero attached hydrogens (tertiary/aromatic N) is 1. The van der Waals surface area contributed by atoms with E-state index in [2.05, 4.69) is 12.2 Å². The van der Waals surface area contributed by atoms with E-state index in [0.29, 0.717) is 12.2 Å². The first kappa shape index (κ1) is 14.7. The van der Waals surface area contributed by atoms with Crippen LogP contribution in [0.3, 0.4) is 0 Å². The van der Waals surface area contributed by atoms with Crippen molar-refractivity contribution in [3.63, 3.8) is 0 Å². The first-order chi connectivity index (χ1) is 9.30. The number of thioether (sulfide) groups is 1. The Kier molecular flexibility index (Phi) is 3.60. The zero-order valence-electron chi connectivity index (χ0n) is 12.3. The summed E-state index contributed by atoms with van der Waals surface area (Å²) in [4.78, 5) is 4.96. The summed E-state index contributed by atoms with van der Waals surface area (Å²) in [6.45, 7) is 4.33. The van der Waals surface area contributed by atoms with Gasteiger partial charge in [-0.2, -0.15) is 0 Å². The topological polar surface area (TPSA) is 58.5 Å². The van der Waals surface area contributed by atoms with E-state index >= 15 is 0 Å². The summed E-state index contributed by atoms with van der Waals surface area (Å²) in [6, 6.07) is 0. The Bertz CT molecular complexity index is 531. The van der Waals surface area contributed by atoms with Crippen molar-refractivity contribution in [1.29, 1.82) is 0 Å². The van der Waals surface area contributed by atoms with Gasteiger partial charge in [-0.1, -0.05) is 31.5 Å². The predicted octanol–water partition coefficient (Wildman–Crippen LogP) is 2.20. The number of aliphatic imine (C=N–C) groups is 1. The van der Waals surface area contributed by atoms with Crippen LogP contribution < -0.4 is 5.32 Å². The van der Waals surface area contributed by atoms with Gasteiger partial charge in [0.1, 0.15) is 0 Å². The van der Waals surface area contributed by atoms with Crippen molar-refractivity contribution in [2.24, 2.45) is 10.9 Å². The fourth-order valence-corrected chi connectivity index (χ4v) is 7.18. The van der Waals surface area contributed by atoms with Crippen LogP contribution >= 0.6 is 11.8 Å². The number of amidine groups is 1. The average molecular weight is 316 g/mol. The van der Waals surface area contributed by atoms with E-state index in [9.17, 15) is 8.42 Å². The molecule has 2 fully saturated rings. The molecule has 3 unspecified atom stereocenters. The quantitative estimate of drug-likeness (QED) is 0.806. The number of rotatable bonds is 1. The third-order valence-corrected chi connectivity index (χ3v) is 7.85. The minimum absolute atomic E-state index is 0.124. The second-order valence-corrected chi connectivity index (χ2v) is 10.3. The highest BCUT2D eigenvalue weighted by Gasteiger charge is 2.43.